The number of hydrogen-bond donors (Lipinski definition) is 2. The van der Waals surface area contributed by atoms with E-state index in [2.05, 4.69) is 57.7 Å². The Labute approximate surface area is 336 Å². The number of aryl methyl sites for hydroxylation is 2. The second kappa shape index (κ2) is 14.3. The second-order valence-electron chi connectivity index (χ2n) is 14.8. The van der Waals surface area contributed by atoms with Crippen LogP contribution < -0.4 is 9.47 Å². The topological polar surface area (TPSA) is 68.8 Å². The molecule has 0 fully saturated rings. The van der Waals surface area contributed by atoms with Gasteiger partial charge in [0.05, 0.1) is 33.4 Å². The van der Waals surface area contributed by atoms with Gasteiger partial charge >= 0.3 is 0 Å². The van der Waals surface area contributed by atoms with E-state index in [4.69, 9.17) is 9.47 Å². The summed E-state index contributed by atoms with van der Waals surface area (Å²) >= 11 is 0. The van der Waals surface area contributed by atoms with Gasteiger partial charge in [0.25, 0.3) is 0 Å². The number of ether oxygens (including phenoxy) is 2. The standard InChI is InChI=1S/C52H40N2O4/c1-33-29-41(51(55)47(31-33)53-43-21-9-3-15-35(43)36-16-4-10-22-44(36)53)39-19-7-13-25-49(39)57-27-28-58-50-26-14-8-20-40(50)42-30-34(2)32-48(52(42)56)54-45-23-11-5-17-37(45)38-18-6-12-24-46(38)54/h3-26,29-32,55-56H,27-28H2,1-2H3. The molecular weight excluding hydrogens is 717 g/mol. The van der Waals surface area contributed by atoms with E-state index in [1.807, 2.05) is 135 Å². The van der Waals surface area contributed by atoms with Crippen molar-refractivity contribution in [2.45, 2.75) is 13.8 Å². The lowest BCUT2D eigenvalue weighted by molar-refractivity contribution is 0.218. The van der Waals surface area contributed by atoms with Gasteiger partial charge in [-0.2, -0.15) is 0 Å². The van der Waals surface area contributed by atoms with Crippen molar-refractivity contribution in [3.05, 3.63) is 181 Å². The first kappa shape index (κ1) is 35.0. The molecule has 10 aromatic rings. The summed E-state index contributed by atoms with van der Waals surface area (Å²) in [6, 6.07) is 56.8. The molecule has 0 spiro atoms. The van der Waals surface area contributed by atoms with Crippen LogP contribution in [0.25, 0.3) is 77.2 Å². The summed E-state index contributed by atoms with van der Waals surface area (Å²) in [6.45, 7) is 4.61. The van der Waals surface area contributed by atoms with Crippen LogP contribution in [0.2, 0.25) is 0 Å². The maximum atomic E-state index is 12.0. The average molecular weight is 757 g/mol. The quantitative estimate of drug-likeness (QED) is 0.144. The normalized spacial score (nSPS) is 11.6. The molecule has 6 nitrogen and oxygen atoms in total. The predicted molar refractivity (Wildman–Crippen MR) is 236 cm³/mol. The zero-order chi connectivity index (χ0) is 39.3. The van der Waals surface area contributed by atoms with Gasteiger partial charge < -0.3 is 28.8 Å². The minimum Gasteiger partial charge on any atom is -0.505 e. The van der Waals surface area contributed by atoms with Gasteiger partial charge in [-0.25, -0.2) is 0 Å². The highest BCUT2D eigenvalue weighted by molar-refractivity contribution is 6.10. The highest BCUT2D eigenvalue weighted by Gasteiger charge is 2.21. The Morgan fingerprint density at radius 2 is 0.690 bits per heavy atom. The average Bonchev–Trinajstić information content (AvgIpc) is 3.77. The van der Waals surface area contributed by atoms with Crippen molar-refractivity contribution in [3.63, 3.8) is 0 Å². The number of aromatic nitrogens is 2. The molecule has 6 heteroatoms. The van der Waals surface area contributed by atoms with E-state index in [1.54, 1.807) is 0 Å². The third kappa shape index (κ3) is 5.80. The number of nitrogens with zero attached hydrogens (tertiary/aromatic N) is 2. The van der Waals surface area contributed by atoms with Gasteiger partial charge in [0.1, 0.15) is 36.2 Å². The molecule has 0 bridgehead atoms. The van der Waals surface area contributed by atoms with Crippen molar-refractivity contribution in [3.8, 4) is 56.6 Å². The summed E-state index contributed by atoms with van der Waals surface area (Å²) < 4.78 is 17.1. The van der Waals surface area contributed by atoms with Crippen LogP contribution in [0.3, 0.4) is 0 Å². The van der Waals surface area contributed by atoms with Crippen molar-refractivity contribution in [2.24, 2.45) is 0 Å². The molecule has 0 radical (unpaired) electrons. The Bertz CT molecular complexity index is 2870. The maximum Gasteiger partial charge on any atom is 0.147 e. The lowest BCUT2D eigenvalue weighted by Crippen LogP contribution is -2.10. The molecular formula is C52H40N2O4. The van der Waals surface area contributed by atoms with Crippen LogP contribution >= 0.6 is 0 Å². The van der Waals surface area contributed by atoms with Crippen LogP contribution in [0.5, 0.6) is 23.0 Å². The van der Waals surface area contributed by atoms with Crippen LogP contribution in [0.1, 0.15) is 11.1 Å². The molecule has 58 heavy (non-hydrogen) atoms. The van der Waals surface area contributed by atoms with Crippen LogP contribution in [0.4, 0.5) is 0 Å². The third-order valence-corrected chi connectivity index (χ3v) is 11.1. The Morgan fingerprint density at radius 1 is 0.379 bits per heavy atom. The highest BCUT2D eigenvalue weighted by Crippen LogP contribution is 2.45. The van der Waals surface area contributed by atoms with E-state index < -0.39 is 0 Å². The zero-order valence-electron chi connectivity index (χ0n) is 32.2. The number of para-hydroxylation sites is 6. The molecule has 0 atom stereocenters. The maximum absolute atomic E-state index is 12.0. The van der Waals surface area contributed by atoms with Crippen LogP contribution in [0, 0.1) is 13.8 Å². The summed E-state index contributed by atoms with van der Waals surface area (Å²) in [6.07, 6.45) is 0. The molecule has 0 saturated carbocycles. The van der Waals surface area contributed by atoms with Gasteiger partial charge in [-0.15, -0.1) is 0 Å². The fourth-order valence-electron chi connectivity index (χ4n) is 8.57. The fraction of sp³-hybridized carbons (Fsp3) is 0.0769. The van der Waals surface area contributed by atoms with E-state index in [1.165, 1.54) is 0 Å². The largest absolute Gasteiger partial charge is 0.505 e. The van der Waals surface area contributed by atoms with E-state index in [9.17, 15) is 10.2 Å². The Balaban J connectivity index is 0.946. The van der Waals surface area contributed by atoms with Gasteiger partial charge in [0.2, 0.25) is 0 Å². The molecule has 2 heterocycles. The van der Waals surface area contributed by atoms with Crippen LogP contribution in [-0.4, -0.2) is 32.6 Å². The molecule has 2 N–H and O–H groups in total. The SMILES string of the molecule is Cc1cc(-c2ccccc2OCCOc2ccccc2-c2cc(C)cc(-n3c4ccccc4c4ccccc43)c2O)c(O)c(-n2c3ccccc3c3ccccc32)c1. The summed E-state index contributed by atoms with van der Waals surface area (Å²) in [4.78, 5) is 0. The number of phenols is 2. The monoisotopic (exact) mass is 756 g/mol. The van der Waals surface area contributed by atoms with Gasteiger partial charge in [-0.1, -0.05) is 109 Å². The third-order valence-electron chi connectivity index (χ3n) is 11.1. The van der Waals surface area contributed by atoms with Crippen molar-refractivity contribution < 1.29 is 19.7 Å². The van der Waals surface area contributed by atoms with E-state index in [-0.39, 0.29) is 24.7 Å². The molecule has 0 aliphatic rings. The van der Waals surface area contributed by atoms with Crippen molar-refractivity contribution >= 4 is 43.6 Å². The van der Waals surface area contributed by atoms with E-state index >= 15 is 0 Å². The summed E-state index contributed by atoms with van der Waals surface area (Å²) in [5, 5.41) is 28.6. The smallest absolute Gasteiger partial charge is 0.147 e. The molecule has 0 saturated heterocycles. The highest BCUT2D eigenvalue weighted by atomic mass is 16.5. The molecule has 10 rings (SSSR count). The van der Waals surface area contributed by atoms with Gasteiger partial charge in [-0.3, -0.25) is 0 Å². The van der Waals surface area contributed by atoms with Gasteiger partial charge in [0.15, 0.2) is 0 Å². The van der Waals surface area contributed by atoms with Gasteiger partial charge in [0, 0.05) is 43.8 Å². The molecule has 8 aromatic carbocycles. The molecule has 0 aliphatic carbocycles. The van der Waals surface area contributed by atoms with Crippen molar-refractivity contribution in [1.29, 1.82) is 0 Å². The number of rotatable bonds is 9. The molecule has 282 valence electrons. The lowest BCUT2D eigenvalue weighted by Gasteiger charge is -2.18. The van der Waals surface area contributed by atoms with Crippen molar-refractivity contribution in [1.82, 2.24) is 9.13 Å². The number of phenolic OH excluding ortho intramolecular Hbond substituents is 2. The predicted octanol–water partition coefficient (Wildman–Crippen LogP) is 12.7. The molecule has 0 amide bonds. The minimum atomic E-state index is 0.177. The summed E-state index contributed by atoms with van der Waals surface area (Å²) in [5.41, 5.74) is 10.5. The zero-order valence-corrected chi connectivity index (χ0v) is 32.2. The number of hydrogen-bond acceptors (Lipinski definition) is 4. The first-order valence-corrected chi connectivity index (χ1v) is 19.5. The Hall–Kier alpha value is -7.44. The van der Waals surface area contributed by atoms with Crippen LogP contribution in [0.15, 0.2) is 170 Å². The van der Waals surface area contributed by atoms with E-state index in [0.29, 0.717) is 34.0 Å². The Morgan fingerprint density at radius 3 is 1.05 bits per heavy atom. The molecule has 0 unspecified atom stereocenters. The minimum absolute atomic E-state index is 0.177. The molecule has 0 aliphatic heterocycles. The van der Waals surface area contributed by atoms with Crippen LogP contribution in [-0.2, 0) is 0 Å². The first-order valence-electron chi connectivity index (χ1n) is 19.5. The van der Waals surface area contributed by atoms with Gasteiger partial charge in [-0.05, 0) is 85.6 Å². The lowest BCUT2D eigenvalue weighted by atomic mass is 9.99. The summed E-state index contributed by atoms with van der Waals surface area (Å²) in [7, 11) is 0. The van der Waals surface area contributed by atoms with Crippen molar-refractivity contribution in [2.75, 3.05) is 13.2 Å². The second-order valence-corrected chi connectivity index (χ2v) is 14.8. The fourth-order valence-corrected chi connectivity index (χ4v) is 8.57. The number of aromatic hydroxyl groups is 2. The van der Waals surface area contributed by atoms with E-state index in [0.717, 1.165) is 65.9 Å². The Kier molecular flexibility index (Phi) is 8.60. The number of fused-ring (bicyclic) bond motifs is 6. The first-order chi connectivity index (χ1) is 28.5. The number of benzene rings is 8. The summed E-state index contributed by atoms with van der Waals surface area (Å²) in [5.74, 6) is 1.63. The molecule has 2 aromatic heterocycles.